The lowest BCUT2D eigenvalue weighted by atomic mass is 9.91. The van der Waals surface area contributed by atoms with E-state index in [1.165, 1.54) is 12.5 Å². The van der Waals surface area contributed by atoms with Gasteiger partial charge in [0.2, 0.25) is 5.69 Å². The first-order valence-electron chi connectivity index (χ1n) is 11.4. The van der Waals surface area contributed by atoms with Gasteiger partial charge in [-0.1, -0.05) is 64.0 Å². The molecule has 0 amide bonds. The average molecular weight is 350 g/mol. The Balaban J connectivity index is 2.18. The van der Waals surface area contributed by atoms with Gasteiger partial charge in [-0.25, -0.2) is 4.57 Å². The highest BCUT2D eigenvalue weighted by atomic mass is 14.9. The van der Waals surface area contributed by atoms with Crippen molar-refractivity contribution in [1.82, 2.24) is 0 Å². The maximum absolute atomic E-state index is 8.56. The van der Waals surface area contributed by atoms with Crippen LogP contribution in [0.4, 0.5) is 0 Å². The minimum absolute atomic E-state index is 0.394. The summed E-state index contributed by atoms with van der Waals surface area (Å²) in [5.41, 5.74) is 6.22. The molecule has 134 valence electrons. The fraction of sp³-hybridized carbons (Fsp3) is 0.320. The highest BCUT2D eigenvalue weighted by Crippen LogP contribution is 2.29. The predicted molar refractivity (Wildman–Crippen MR) is 111 cm³/mol. The van der Waals surface area contributed by atoms with E-state index in [9.17, 15) is 0 Å². The molecular formula is C25H30N+. The minimum atomic E-state index is -2.48. The number of hydrogen-bond acceptors (Lipinski definition) is 0. The van der Waals surface area contributed by atoms with Gasteiger partial charge < -0.3 is 0 Å². The summed E-state index contributed by atoms with van der Waals surface area (Å²) in [4.78, 5) is 0. The summed E-state index contributed by atoms with van der Waals surface area (Å²) in [5.74, 6) is -2.69. The molecule has 0 fully saturated rings. The third-order valence-electron chi connectivity index (χ3n) is 4.83. The lowest BCUT2D eigenvalue weighted by Crippen LogP contribution is -2.30. The van der Waals surface area contributed by atoms with E-state index >= 15 is 0 Å². The van der Waals surface area contributed by atoms with Crippen LogP contribution in [0.1, 0.15) is 63.0 Å². The van der Waals surface area contributed by atoms with Gasteiger partial charge in [0.05, 0.1) is 0 Å². The number of rotatable bonds is 4. The fourth-order valence-electron chi connectivity index (χ4n) is 3.22. The Labute approximate surface area is 165 Å². The van der Waals surface area contributed by atoms with Crippen molar-refractivity contribution < 1.29 is 11.4 Å². The Bertz CT molecular complexity index is 1110. The first-order chi connectivity index (χ1) is 14.2. The Morgan fingerprint density at radius 1 is 0.885 bits per heavy atom. The molecule has 1 heterocycles. The van der Waals surface area contributed by atoms with E-state index < -0.39 is 18.6 Å². The molecule has 0 aliphatic heterocycles. The zero-order valence-electron chi connectivity index (χ0n) is 21.2. The third kappa shape index (κ3) is 3.72. The lowest BCUT2D eigenvalue weighted by Gasteiger charge is -2.14. The summed E-state index contributed by atoms with van der Waals surface area (Å²) in [7, 11) is 1.99. The van der Waals surface area contributed by atoms with Gasteiger partial charge in [-0.2, -0.15) is 0 Å². The van der Waals surface area contributed by atoms with Crippen LogP contribution in [-0.4, -0.2) is 0 Å². The van der Waals surface area contributed by atoms with Crippen LogP contribution in [0.5, 0.6) is 0 Å². The molecule has 2 aromatic carbocycles. The van der Waals surface area contributed by atoms with Gasteiger partial charge in [-0.05, 0) is 53.1 Å². The Kier molecular flexibility index (Phi) is 3.69. The summed E-state index contributed by atoms with van der Waals surface area (Å²) < 4.78 is 42.6. The van der Waals surface area contributed by atoms with Gasteiger partial charge in [0.25, 0.3) is 0 Å². The molecule has 1 unspecified atom stereocenters. The summed E-state index contributed by atoms with van der Waals surface area (Å²) >= 11 is 0. The topological polar surface area (TPSA) is 3.88 Å². The summed E-state index contributed by atoms with van der Waals surface area (Å²) in [6.07, 6.45) is 2.01. The number of aryl methyl sites for hydroxylation is 2. The largest absolute Gasteiger partial charge is 0.212 e. The van der Waals surface area contributed by atoms with Crippen LogP contribution in [0, 0.1) is 6.92 Å². The van der Waals surface area contributed by atoms with Gasteiger partial charge in [0.15, 0.2) is 6.20 Å². The van der Waals surface area contributed by atoms with Crippen LogP contribution in [-0.2, 0) is 7.05 Å². The van der Waals surface area contributed by atoms with E-state index in [4.69, 9.17) is 6.85 Å². The first-order valence-corrected chi connectivity index (χ1v) is 8.94. The highest BCUT2D eigenvalue weighted by Gasteiger charge is 2.15. The van der Waals surface area contributed by atoms with Crippen molar-refractivity contribution in [3.8, 4) is 22.4 Å². The molecule has 26 heavy (non-hydrogen) atoms. The van der Waals surface area contributed by atoms with Crippen molar-refractivity contribution in [1.29, 1.82) is 0 Å². The first kappa shape index (κ1) is 12.9. The zero-order valence-corrected chi connectivity index (χ0v) is 16.2. The van der Waals surface area contributed by atoms with Gasteiger partial charge in [0.1, 0.15) is 7.05 Å². The monoisotopic (exact) mass is 349 g/mol. The van der Waals surface area contributed by atoms with E-state index in [-0.39, 0.29) is 0 Å². The minimum Gasteiger partial charge on any atom is -0.200 e. The van der Waals surface area contributed by atoms with Gasteiger partial charge in [-0.3, -0.25) is 0 Å². The van der Waals surface area contributed by atoms with Crippen molar-refractivity contribution >= 4 is 0 Å². The van der Waals surface area contributed by atoms with Crippen LogP contribution in [0.3, 0.4) is 0 Å². The molecule has 0 N–H and O–H groups in total. The number of benzene rings is 2. The van der Waals surface area contributed by atoms with Crippen molar-refractivity contribution in [3.63, 3.8) is 0 Å². The molecule has 0 radical (unpaired) electrons. The van der Waals surface area contributed by atoms with Crippen LogP contribution in [0.15, 0.2) is 60.8 Å². The fourth-order valence-corrected chi connectivity index (χ4v) is 3.22. The van der Waals surface area contributed by atoms with E-state index in [0.29, 0.717) is 11.1 Å². The predicted octanol–water partition coefficient (Wildman–Crippen LogP) is 6.40. The number of hydrogen-bond donors (Lipinski definition) is 0. The highest BCUT2D eigenvalue weighted by molar-refractivity contribution is 5.67. The van der Waals surface area contributed by atoms with Crippen molar-refractivity contribution in [2.45, 2.75) is 46.3 Å². The van der Waals surface area contributed by atoms with E-state index in [1.807, 2.05) is 37.5 Å². The number of aromatic nitrogens is 1. The second-order valence-electron chi connectivity index (χ2n) is 7.15. The molecule has 1 aromatic heterocycles. The van der Waals surface area contributed by atoms with E-state index in [2.05, 4.69) is 29.7 Å². The summed E-state index contributed by atoms with van der Waals surface area (Å²) in [5, 5.41) is 0. The molecule has 3 aromatic rings. The second kappa shape index (κ2) is 7.45. The second-order valence-corrected chi connectivity index (χ2v) is 7.15. The molecule has 1 atom stereocenters. The Morgan fingerprint density at radius 2 is 1.58 bits per heavy atom. The van der Waals surface area contributed by atoms with Crippen molar-refractivity contribution in [3.05, 3.63) is 77.5 Å². The van der Waals surface area contributed by atoms with Gasteiger partial charge in [-0.15, -0.1) is 0 Å². The van der Waals surface area contributed by atoms with Crippen molar-refractivity contribution in [2.24, 2.45) is 7.05 Å². The molecule has 0 spiro atoms. The molecule has 0 bridgehead atoms. The third-order valence-corrected chi connectivity index (χ3v) is 4.83. The zero-order chi connectivity index (χ0) is 23.2. The Hall–Kier alpha value is -2.41. The standard InChI is InChI=1S/C25H30N/c1-17(2)21-13-22(18(3)4)15-23(14-21)20-11-12-25(26(6)16-20)24-10-8-7-9-19(24)5/h7-18H,1-6H3/q+1/i1D3,17D,18D. The molecule has 3 rings (SSSR count). The average Bonchev–Trinajstić information content (AvgIpc) is 2.66. The van der Waals surface area contributed by atoms with Crippen LogP contribution >= 0.6 is 0 Å². The van der Waals surface area contributed by atoms with Crippen LogP contribution in [0.2, 0.25) is 0 Å². The van der Waals surface area contributed by atoms with Gasteiger partial charge >= 0.3 is 0 Å². The molecular weight excluding hydrogens is 314 g/mol. The molecule has 1 heteroatoms. The lowest BCUT2D eigenvalue weighted by molar-refractivity contribution is -0.659. The molecule has 0 saturated heterocycles. The quantitative estimate of drug-likeness (QED) is 0.480. The van der Waals surface area contributed by atoms with E-state index in [1.54, 1.807) is 26.0 Å². The maximum Gasteiger partial charge on any atom is 0.212 e. The maximum atomic E-state index is 8.56. The molecule has 0 saturated carbocycles. The Morgan fingerprint density at radius 3 is 2.19 bits per heavy atom. The van der Waals surface area contributed by atoms with Crippen molar-refractivity contribution in [2.75, 3.05) is 0 Å². The summed E-state index contributed by atoms with van der Waals surface area (Å²) in [6, 6.07) is 17.7. The number of nitrogens with zero attached hydrogens (tertiary/aromatic N) is 1. The van der Waals surface area contributed by atoms with Gasteiger partial charge in [0, 0.05) is 24.0 Å². The van der Waals surface area contributed by atoms with E-state index in [0.717, 1.165) is 22.4 Å². The summed E-state index contributed by atoms with van der Waals surface area (Å²) in [6.45, 7) is 4.57. The molecule has 0 aliphatic carbocycles. The number of pyridine rings is 1. The molecule has 1 nitrogen and oxygen atoms in total. The normalized spacial score (nSPS) is 17.3. The smallest absolute Gasteiger partial charge is 0.200 e. The SMILES string of the molecule is [2H]C(C)(C)c1cc(-c2ccc(-c3ccccc3C)[n+](C)c2)cc(C([2H])(C)C([2H])([2H])[2H])c1. The molecule has 0 aliphatic rings. The van der Waals surface area contributed by atoms with Crippen LogP contribution in [0.25, 0.3) is 22.4 Å². The van der Waals surface area contributed by atoms with Crippen LogP contribution < -0.4 is 4.57 Å².